The number of esters is 2. The van der Waals surface area contributed by atoms with Crippen LogP contribution in [0.25, 0.3) is 0 Å². The molecule has 15 aliphatic rings. The Balaban J connectivity index is 0.883. The van der Waals surface area contributed by atoms with E-state index in [1.807, 2.05) is 6.07 Å². The van der Waals surface area contributed by atoms with E-state index in [0.29, 0.717) is 60.8 Å². The summed E-state index contributed by atoms with van der Waals surface area (Å²) >= 11 is 0. The number of Topliss-reactive ketones (excluding diaryl/α,β-unsaturated/α-hetero) is 1. The highest BCUT2D eigenvalue weighted by atomic mass is 16.7. The minimum atomic E-state index is -1.57. The number of ketones is 1. The van der Waals surface area contributed by atoms with Crippen LogP contribution >= 0.6 is 0 Å². The molecule has 26 unspecified atom stereocenters. The van der Waals surface area contributed by atoms with Gasteiger partial charge in [-0.3, -0.25) is 14.9 Å². The molecule has 5 saturated heterocycles. The third-order valence-corrected chi connectivity index (χ3v) is 28.2. The Kier molecular flexibility index (Phi) is 11.7. The molecule has 5 spiro atoms. The lowest BCUT2D eigenvalue weighted by Gasteiger charge is -2.74. The van der Waals surface area contributed by atoms with Crippen molar-refractivity contribution in [2.45, 2.75) is 190 Å². The highest BCUT2D eigenvalue weighted by Gasteiger charge is 3.00. The molecule has 4 N–H and O–H groups in total. The van der Waals surface area contributed by atoms with Crippen molar-refractivity contribution in [2.24, 2.45) is 105 Å². The molecular weight excluding hydrogens is 1060 g/mol. The van der Waals surface area contributed by atoms with Crippen LogP contribution in [0.15, 0.2) is 71.0 Å². The number of nitrogens with one attached hydrogen (secondary N) is 1. The number of nitrogens with zero attached hydrogens (tertiary/aromatic N) is 1. The van der Waals surface area contributed by atoms with Gasteiger partial charge in [0.1, 0.15) is 29.7 Å². The second-order valence-corrected chi connectivity index (χ2v) is 31.1. The second-order valence-electron chi connectivity index (χ2n) is 31.1. The highest BCUT2D eigenvalue weighted by molar-refractivity contribution is 5.94. The van der Waals surface area contributed by atoms with Crippen LogP contribution < -0.4 is 5.32 Å². The van der Waals surface area contributed by atoms with Crippen LogP contribution in [0.3, 0.4) is 0 Å². The van der Waals surface area contributed by atoms with Crippen molar-refractivity contribution in [1.82, 2.24) is 10.2 Å². The average molecular weight is 1150 g/mol. The zero-order chi connectivity index (χ0) is 57.3. The maximum atomic E-state index is 17.4. The number of carbonyl (C=O) groups excluding carboxylic acids is 3. The van der Waals surface area contributed by atoms with Gasteiger partial charge in [0.2, 0.25) is 0 Å². The fourth-order valence-electron chi connectivity index (χ4n) is 25.7. The number of aliphatic hydroxyl groups is 3. The van der Waals surface area contributed by atoms with Crippen LogP contribution in [-0.4, -0.2) is 106 Å². The summed E-state index contributed by atoms with van der Waals surface area (Å²) < 4.78 is 37.1. The molecule has 0 radical (unpaired) electrons. The number of carbonyl (C=O) groups is 3. The zero-order valence-corrected chi connectivity index (χ0v) is 49.8. The molecule has 1 aromatic carbocycles. The van der Waals surface area contributed by atoms with Gasteiger partial charge in [-0.1, -0.05) is 94.4 Å². The Morgan fingerprint density at radius 1 is 0.988 bits per heavy atom. The number of fused-ring (bicyclic) bond motifs is 6. The van der Waals surface area contributed by atoms with Crippen LogP contribution in [-0.2, 0) is 51.8 Å². The monoisotopic (exact) mass is 1140 g/mol. The normalized spacial score (nSPS) is 50.8. The number of ether oxygens (including phenoxy) is 4. The first-order valence-corrected chi connectivity index (χ1v) is 33.3. The minimum Gasteiger partial charge on any atom is -0.469 e. The number of aliphatic hydroxyl groups excluding tert-OH is 3. The lowest BCUT2D eigenvalue weighted by molar-refractivity contribution is -0.315. The summed E-state index contributed by atoms with van der Waals surface area (Å²) in [6, 6.07) is 13.1. The molecule has 1 aromatic heterocycles. The molecule has 26 atom stereocenters. The number of benzene rings is 1. The van der Waals surface area contributed by atoms with Gasteiger partial charge in [0.05, 0.1) is 54.9 Å². The summed E-state index contributed by atoms with van der Waals surface area (Å²) in [7, 11) is 0. The molecule has 9 bridgehead atoms. The SMILES string of the molecule is CCCC(C)CC1C=C2CC3CCCC34CC3CC5(C)C6(c7ccoc7CC(C(O)CO)C7CCC8C(C=CN9CNCC89)C7)CC#CC7CCC(Cc8ccccc8)CC7C7(C(O)C(=O)C8C1(C)OC21C4C(=O)OCC81C37)C51OC1C(=O)O6. The van der Waals surface area contributed by atoms with E-state index in [1.165, 1.54) is 11.1 Å². The van der Waals surface area contributed by atoms with Crippen molar-refractivity contribution in [3.63, 3.8) is 0 Å². The van der Waals surface area contributed by atoms with Gasteiger partial charge in [-0.2, -0.15) is 0 Å². The molecule has 7 aliphatic heterocycles. The Morgan fingerprint density at radius 2 is 1.85 bits per heavy atom. The third kappa shape index (κ3) is 6.29. The molecule has 17 rings (SSSR count). The Bertz CT molecular complexity index is 3220. The average Bonchev–Trinajstić information content (AvgIpc) is 1.40. The minimum absolute atomic E-state index is 0.0116. The molecule has 84 heavy (non-hydrogen) atoms. The predicted octanol–water partition coefficient (Wildman–Crippen LogP) is 9.01. The van der Waals surface area contributed by atoms with E-state index >= 15 is 14.4 Å². The van der Waals surface area contributed by atoms with E-state index in [9.17, 15) is 15.3 Å². The first-order valence-electron chi connectivity index (χ1n) is 33.3. The predicted molar refractivity (Wildman–Crippen MR) is 308 cm³/mol. The maximum absolute atomic E-state index is 17.4. The van der Waals surface area contributed by atoms with Gasteiger partial charge in [-0.25, -0.2) is 4.79 Å². The van der Waals surface area contributed by atoms with E-state index in [-0.39, 0.29) is 66.2 Å². The molecule has 8 heterocycles. The van der Waals surface area contributed by atoms with Crippen molar-refractivity contribution < 1.29 is 53.1 Å². The molecule has 7 saturated carbocycles. The van der Waals surface area contributed by atoms with Crippen LogP contribution in [0.2, 0.25) is 0 Å². The van der Waals surface area contributed by atoms with Gasteiger partial charge in [0.25, 0.3) is 0 Å². The standard InChI is InChI=1S/C71H88N2O11/c1-5-11-39(2)26-47-31-48-30-46-15-10-22-66(46)34-45-33-64(3)68(51-21-25-80-55(51)32-50(54(75)36-74)43-18-19-49-44(29-43)20-24-73-38-72-35-53(49)73)23-9-14-42-17-16-41(27-40-12-7-6-8-13-40)28-52(42)69(71(64)61(82-71)63(79)83-68)57(45)67-37-81-62(78)59(66)70(48,67)84-65(47,4)58(67)56(76)60(69)77/h6-8,12-13,20-21,24-25,31,39,41-47,49-50,52-54,57-61,72,74-75,77H,5,10-11,15-19,22-23,26-30,32-38H2,1-4H3. The molecule has 2 aromatic rings. The lowest BCUT2D eigenvalue weighted by Crippen LogP contribution is -2.83. The molecule has 448 valence electrons. The van der Waals surface area contributed by atoms with Gasteiger partial charge in [-0.15, -0.1) is 0 Å². The number of allylic oxidation sites excluding steroid dienone is 1. The summed E-state index contributed by atoms with van der Waals surface area (Å²) in [5.41, 5.74) is -6.15. The highest BCUT2D eigenvalue weighted by Crippen LogP contribution is 2.91. The largest absolute Gasteiger partial charge is 0.469 e. The smallest absolute Gasteiger partial charge is 0.339 e. The molecule has 0 amide bonds. The zero-order valence-electron chi connectivity index (χ0n) is 49.8. The van der Waals surface area contributed by atoms with Gasteiger partial charge in [0.15, 0.2) is 17.5 Å². The lowest BCUT2D eigenvalue weighted by atomic mass is 9.28. The van der Waals surface area contributed by atoms with E-state index in [0.717, 1.165) is 96.7 Å². The molecule has 13 heteroatoms. The van der Waals surface area contributed by atoms with Crippen molar-refractivity contribution in [1.29, 1.82) is 0 Å². The van der Waals surface area contributed by atoms with E-state index in [1.54, 1.807) is 6.26 Å². The van der Waals surface area contributed by atoms with Crippen LogP contribution in [0.5, 0.6) is 0 Å². The molecule has 12 fully saturated rings. The summed E-state index contributed by atoms with van der Waals surface area (Å²) in [6.45, 7) is 10.5. The number of rotatable bonds is 12. The second kappa shape index (κ2) is 18.2. The van der Waals surface area contributed by atoms with Crippen molar-refractivity contribution in [3.8, 4) is 11.8 Å². The van der Waals surface area contributed by atoms with Crippen LogP contribution in [0.1, 0.15) is 147 Å². The fourth-order valence-corrected chi connectivity index (χ4v) is 25.7. The first-order chi connectivity index (χ1) is 40.6. The van der Waals surface area contributed by atoms with Crippen LogP contribution in [0, 0.1) is 116 Å². The third-order valence-electron chi connectivity index (χ3n) is 28.2. The topological polar surface area (TPSA) is 181 Å². The molecule has 13 nitrogen and oxygen atoms in total. The van der Waals surface area contributed by atoms with E-state index in [4.69, 9.17) is 23.4 Å². The van der Waals surface area contributed by atoms with E-state index in [2.05, 4.69) is 98.4 Å². The van der Waals surface area contributed by atoms with Crippen molar-refractivity contribution in [3.05, 3.63) is 83.5 Å². The first kappa shape index (κ1) is 53.9. The summed E-state index contributed by atoms with van der Waals surface area (Å²) in [4.78, 5) is 51.5. The Morgan fingerprint density at radius 3 is 2.68 bits per heavy atom. The Hall–Kier alpha value is -4.29. The van der Waals surface area contributed by atoms with Crippen molar-refractivity contribution in [2.75, 3.05) is 26.4 Å². The number of hydrogen-bond donors (Lipinski definition) is 4. The maximum Gasteiger partial charge on any atom is 0.339 e. The number of epoxide rings is 1. The summed E-state index contributed by atoms with van der Waals surface area (Å²) in [5, 5.41) is 41.4. The summed E-state index contributed by atoms with van der Waals surface area (Å²) in [6.07, 6.45) is 19.4. The quantitative estimate of drug-likeness (QED) is 0.0685. The summed E-state index contributed by atoms with van der Waals surface area (Å²) in [5.74, 6) is 5.82. The van der Waals surface area contributed by atoms with Crippen molar-refractivity contribution >= 4 is 17.7 Å². The number of furan rings is 1. The van der Waals surface area contributed by atoms with Crippen LogP contribution in [0.4, 0.5) is 0 Å². The van der Waals surface area contributed by atoms with Gasteiger partial charge >= 0.3 is 11.9 Å². The van der Waals surface area contributed by atoms with Gasteiger partial charge < -0.3 is 43.6 Å². The molecule has 8 aliphatic carbocycles. The van der Waals surface area contributed by atoms with Gasteiger partial charge in [-0.05, 0) is 178 Å². The van der Waals surface area contributed by atoms with Gasteiger partial charge in [0, 0.05) is 47.2 Å². The fraction of sp³-hybridized carbons (Fsp3) is 0.732. The van der Waals surface area contributed by atoms with E-state index < -0.39 is 98.6 Å². The number of cyclic esters (lactones) is 1. The Labute approximate surface area is 495 Å². The molecular formula is C71H88N2O11. The number of hydrogen-bond acceptors (Lipinski definition) is 13.